The quantitative estimate of drug-likeness (QED) is 0.0341. The number of unbranched alkanes of at least 4 members (excludes halogenated alkanes) is 20. The van der Waals surface area contributed by atoms with E-state index in [9.17, 15) is 0 Å². The van der Waals surface area contributed by atoms with E-state index in [-0.39, 0.29) is 0 Å². The maximum absolute atomic E-state index is 4.84. The van der Waals surface area contributed by atoms with E-state index in [1.54, 1.807) is 0 Å². The van der Waals surface area contributed by atoms with Crippen LogP contribution in [0.25, 0.3) is 11.1 Å². The lowest BCUT2D eigenvalue weighted by Gasteiger charge is -2.25. The Labute approximate surface area is 406 Å². The average Bonchev–Trinajstić information content (AvgIpc) is 3.31. The smallest absolute Gasteiger partial charge is 0.0947 e. The first-order valence-corrected chi connectivity index (χ1v) is 27.2. The fraction of sp³-hybridized carbons (Fsp3) is 0.571. The molecule has 0 saturated heterocycles. The molecule has 0 spiro atoms. The summed E-state index contributed by atoms with van der Waals surface area (Å²) in [6.45, 7) is 13.6. The number of halogens is 2. The van der Waals surface area contributed by atoms with Gasteiger partial charge in [0.2, 0.25) is 0 Å². The SMILES string of the molecule is CCCCCCCCN(CCCCCCCC)c1ccc(N=Nc2cc(Br)ccc2-c2ccc(Br)cc2N=Nc2ccc(N(CCCCCCCC)CCCCCCCC)cc2)cc1. The lowest BCUT2D eigenvalue weighted by molar-refractivity contribution is 0.575. The van der Waals surface area contributed by atoms with E-state index >= 15 is 0 Å². The lowest BCUT2D eigenvalue weighted by Crippen LogP contribution is -2.25. The summed E-state index contributed by atoms with van der Waals surface area (Å²) in [5.74, 6) is 0. The first-order valence-electron chi connectivity index (χ1n) is 25.6. The molecule has 0 bridgehead atoms. The van der Waals surface area contributed by atoms with Gasteiger partial charge in [-0.2, -0.15) is 10.2 Å². The van der Waals surface area contributed by atoms with Crippen molar-refractivity contribution >= 4 is 66.0 Å². The van der Waals surface area contributed by atoms with E-state index in [4.69, 9.17) is 20.5 Å². The molecule has 0 radical (unpaired) electrons. The standard InChI is InChI=1S/C56H82Br2N6/c1-5-9-13-17-21-25-41-63(42-26-22-18-14-10-6-2)51-35-31-49(32-36-51)59-61-55-45-47(57)29-39-53(55)54-40-30-48(58)46-56(54)62-60-50-33-37-52(38-34-50)64(43-27-23-19-15-11-7-3)44-28-24-20-16-12-8-4/h29-40,45-46H,5-28,41-44H2,1-4H3. The maximum atomic E-state index is 4.84. The van der Waals surface area contributed by atoms with Crippen molar-refractivity contribution in [2.75, 3.05) is 36.0 Å². The second kappa shape index (κ2) is 33.2. The molecule has 0 unspecified atom stereocenters. The lowest BCUT2D eigenvalue weighted by atomic mass is 10.0. The van der Waals surface area contributed by atoms with Crippen molar-refractivity contribution in [2.45, 2.75) is 182 Å². The van der Waals surface area contributed by atoms with Gasteiger partial charge in [0, 0.05) is 57.6 Å². The van der Waals surface area contributed by atoms with E-state index in [2.05, 4.69) is 142 Å². The van der Waals surface area contributed by atoms with Crippen LogP contribution >= 0.6 is 31.9 Å². The minimum atomic E-state index is 0.769. The minimum absolute atomic E-state index is 0.769. The normalized spacial score (nSPS) is 11.7. The van der Waals surface area contributed by atoms with Crippen LogP contribution in [0.1, 0.15) is 182 Å². The molecule has 0 saturated carbocycles. The maximum Gasteiger partial charge on any atom is 0.0947 e. The Morgan fingerprint density at radius 2 is 0.609 bits per heavy atom. The fourth-order valence-electron chi connectivity index (χ4n) is 8.39. The molecule has 0 aliphatic rings. The summed E-state index contributed by atoms with van der Waals surface area (Å²) < 4.78 is 1.89. The highest BCUT2D eigenvalue weighted by Crippen LogP contribution is 2.41. The summed E-state index contributed by atoms with van der Waals surface area (Å²) >= 11 is 7.39. The molecule has 6 nitrogen and oxygen atoms in total. The fourth-order valence-corrected chi connectivity index (χ4v) is 9.08. The van der Waals surface area contributed by atoms with Crippen LogP contribution in [0.3, 0.4) is 0 Å². The Hall–Kier alpha value is -3.36. The van der Waals surface area contributed by atoms with Crippen molar-refractivity contribution in [1.82, 2.24) is 0 Å². The molecule has 0 atom stereocenters. The van der Waals surface area contributed by atoms with E-state index < -0.39 is 0 Å². The number of anilines is 2. The van der Waals surface area contributed by atoms with Gasteiger partial charge >= 0.3 is 0 Å². The van der Waals surface area contributed by atoms with Crippen molar-refractivity contribution in [3.63, 3.8) is 0 Å². The Morgan fingerprint density at radius 1 is 0.328 bits per heavy atom. The van der Waals surface area contributed by atoms with Crippen LogP contribution in [-0.4, -0.2) is 26.2 Å². The summed E-state index contributed by atoms with van der Waals surface area (Å²) in [4.78, 5) is 5.18. The molecule has 0 heterocycles. The van der Waals surface area contributed by atoms with Crippen molar-refractivity contribution in [3.05, 3.63) is 93.9 Å². The van der Waals surface area contributed by atoms with Gasteiger partial charge in [0.15, 0.2) is 0 Å². The molecule has 8 heteroatoms. The van der Waals surface area contributed by atoms with Gasteiger partial charge in [-0.1, -0.05) is 200 Å². The number of hydrogen-bond acceptors (Lipinski definition) is 6. The van der Waals surface area contributed by atoms with Crippen molar-refractivity contribution < 1.29 is 0 Å². The molecule has 4 aromatic rings. The van der Waals surface area contributed by atoms with Crippen LogP contribution in [0.5, 0.6) is 0 Å². The summed E-state index contributed by atoms with van der Waals surface area (Å²) in [6, 6.07) is 29.7. The molecular weight excluding hydrogens is 916 g/mol. The number of benzene rings is 4. The van der Waals surface area contributed by atoms with Crippen molar-refractivity contribution in [3.8, 4) is 11.1 Å². The third-order valence-electron chi connectivity index (χ3n) is 12.3. The predicted octanol–water partition coefficient (Wildman–Crippen LogP) is 20.8. The van der Waals surface area contributed by atoms with Crippen LogP contribution in [0, 0.1) is 0 Å². The van der Waals surface area contributed by atoms with Crippen LogP contribution in [0.4, 0.5) is 34.1 Å². The van der Waals surface area contributed by atoms with Crippen LogP contribution in [0.15, 0.2) is 114 Å². The Kier molecular flexibility index (Phi) is 27.6. The average molecular weight is 999 g/mol. The van der Waals surface area contributed by atoms with Crippen LogP contribution in [0.2, 0.25) is 0 Å². The largest absolute Gasteiger partial charge is 0.372 e. The summed E-state index contributed by atoms with van der Waals surface area (Å²) in [5.41, 5.74) is 7.67. The van der Waals surface area contributed by atoms with Gasteiger partial charge < -0.3 is 9.80 Å². The Balaban J connectivity index is 1.47. The van der Waals surface area contributed by atoms with Crippen LogP contribution in [-0.2, 0) is 0 Å². The highest BCUT2D eigenvalue weighted by atomic mass is 79.9. The molecule has 4 rings (SSSR count). The molecule has 64 heavy (non-hydrogen) atoms. The molecule has 350 valence electrons. The zero-order valence-corrected chi connectivity index (χ0v) is 43.5. The number of azo groups is 2. The van der Waals surface area contributed by atoms with Crippen molar-refractivity contribution in [2.24, 2.45) is 20.5 Å². The Bertz CT molecular complexity index is 1710. The molecule has 0 N–H and O–H groups in total. The number of rotatable bonds is 35. The highest BCUT2D eigenvalue weighted by molar-refractivity contribution is 9.10. The first kappa shape index (κ1) is 53.3. The molecule has 0 aliphatic heterocycles. The summed E-state index contributed by atoms with van der Waals surface area (Å²) in [6.07, 6.45) is 31.5. The highest BCUT2D eigenvalue weighted by Gasteiger charge is 2.13. The molecule has 0 amide bonds. The van der Waals surface area contributed by atoms with Gasteiger partial charge in [0.1, 0.15) is 0 Å². The van der Waals surface area contributed by atoms with Crippen LogP contribution < -0.4 is 9.80 Å². The number of nitrogens with zero attached hydrogens (tertiary/aromatic N) is 6. The molecule has 0 aromatic heterocycles. The van der Waals surface area contributed by atoms with Gasteiger partial charge in [-0.05, 0) is 98.5 Å². The zero-order chi connectivity index (χ0) is 45.5. The molecule has 0 aliphatic carbocycles. The number of hydrogen-bond donors (Lipinski definition) is 0. The van der Waals surface area contributed by atoms with Gasteiger partial charge in [0.25, 0.3) is 0 Å². The first-order chi connectivity index (χ1) is 31.4. The zero-order valence-electron chi connectivity index (χ0n) is 40.3. The molecular formula is C56H82Br2N6. The van der Waals surface area contributed by atoms with E-state index in [0.717, 1.165) is 69.0 Å². The third kappa shape index (κ3) is 20.9. The van der Waals surface area contributed by atoms with Gasteiger partial charge in [0.05, 0.1) is 22.7 Å². The van der Waals surface area contributed by atoms with E-state index in [1.807, 2.05) is 12.1 Å². The van der Waals surface area contributed by atoms with E-state index in [0.29, 0.717) is 0 Å². The van der Waals surface area contributed by atoms with E-state index in [1.165, 1.54) is 165 Å². The van der Waals surface area contributed by atoms with Gasteiger partial charge in [-0.3, -0.25) is 0 Å². The second-order valence-corrected chi connectivity index (χ2v) is 19.6. The van der Waals surface area contributed by atoms with Crippen molar-refractivity contribution in [1.29, 1.82) is 0 Å². The Morgan fingerprint density at radius 3 is 0.906 bits per heavy atom. The summed E-state index contributed by atoms with van der Waals surface area (Å²) in [5, 5.41) is 19.2. The van der Waals surface area contributed by atoms with Gasteiger partial charge in [-0.15, -0.1) is 10.2 Å². The minimum Gasteiger partial charge on any atom is -0.372 e. The monoisotopic (exact) mass is 996 g/mol. The summed E-state index contributed by atoms with van der Waals surface area (Å²) in [7, 11) is 0. The molecule has 4 aromatic carbocycles. The third-order valence-corrected chi connectivity index (χ3v) is 13.3. The predicted molar refractivity (Wildman–Crippen MR) is 286 cm³/mol. The van der Waals surface area contributed by atoms with Gasteiger partial charge in [-0.25, -0.2) is 0 Å². The molecule has 0 fully saturated rings. The topological polar surface area (TPSA) is 55.9 Å². The second-order valence-electron chi connectivity index (χ2n) is 17.8.